The number of carbonyl (C=O) groups is 1. The number of carbonyl (C=O) groups excluding carboxylic acids is 1. The van der Waals surface area contributed by atoms with Crippen molar-refractivity contribution >= 4 is 56.5 Å². The highest BCUT2D eigenvalue weighted by molar-refractivity contribution is 7.85. The van der Waals surface area contributed by atoms with E-state index in [1.807, 2.05) is 0 Å². The van der Waals surface area contributed by atoms with Crippen molar-refractivity contribution in [2.24, 2.45) is 0 Å². The molecule has 0 aliphatic heterocycles. The van der Waals surface area contributed by atoms with Crippen LogP contribution < -0.4 is 5.32 Å². The Balaban J connectivity index is 2.36. The van der Waals surface area contributed by atoms with Crippen LogP contribution >= 0.6 is 34.8 Å². The highest BCUT2D eigenvalue weighted by Gasteiger charge is 2.15. The van der Waals surface area contributed by atoms with Gasteiger partial charge in [-0.15, -0.1) is 0 Å². The monoisotopic (exact) mass is 379 g/mol. The fourth-order valence-electron chi connectivity index (χ4n) is 1.64. The maximum atomic E-state index is 12.1. The van der Waals surface area contributed by atoms with E-state index in [9.17, 15) is 13.2 Å². The zero-order valence-corrected chi connectivity index (χ0v) is 13.8. The van der Waals surface area contributed by atoms with Gasteiger partial charge in [0.05, 0.1) is 15.6 Å². The largest absolute Gasteiger partial charge is 0.321 e. The molecule has 0 aliphatic carbocycles. The number of anilines is 1. The predicted octanol–water partition coefficient (Wildman–Crippen LogP) is 4.15. The van der Waals surface area contributed by atoms with Crippen molar-refractivity contribution in [3.8, 4) is 0 Å². The summed E-state index contributed by atoms with van der Waals surface area (Å²) in [5.74, 6) is -0.584. The molecule has 0 unspecified atom stereocenters. The Morgan fingerprint density at radius 1 is 1.00 bits per heavy atom. The maximum Gasteiger partial charge on any atom is 0.294 e. The van der Waals surface area contributed by atoms with Gasteiger partial charge in [0.15, 0.2) is 0 Å². The van der Waals surface area contributed by atoms with E-state index < -0.39 is 20.9 Å². The molecule has 2 aromatic carbocycles. The van der Waals surface area contributed by atoms with Gasteiger partial charge >= 0.3 is 0 Å². The van der Waals surface area contributed by atoms with Gasteiger partial charge in [-0.25, -0.2) is 0 Å². The van der Waals surface area contributed by atoms with Crippen LogP contribution in [0.4, 0.5) is 5.69 Å². The Morgan fingerprint density at radius 3 is 2.14 bits per heavy atom. The minimum atomic E-state index is -4.41. The van der Waals surface area contributed by atoms with E-state index in [1.165, 1.54) is 24.3 Å². The Labute approximate surface area is 141 Å². The smallest absolute Gasteiger partial charge is 0.294 e. The van der Waals surface area contributed by atoms with Gasteiger partial charge in [-0.3, -0.25) is 9.35 Å². The van der Waals surface area contributed by atoms with E-state index in [2.05, 4.69) is 5.32 Å². The average molecular weight is 381 g/mol. The molecule has 0 saturated carbocycles. The zero-order chi connectivity index (χ0) is 16.5. The Kier molecular flexibility index (Phi) is 4.99. The molecular formula is C13H8Cl3NO4S. The summed E-state index contributed by atoms with van der Waals surface area (Å²) in [6.45, 7) is 0. The molecule has 0 aromatic heterocycles. The summed E-state index contributed by atoms with van der Waals surface area (Å²) in [5, 5.41) is 3.08. The molecule has 0 aliphatic rings. The van der Waals surface area contributed by atoms with Crippen LogP contribution in [0, 0.1) is 0 Å². The Morgan fingerprint density at radius 2 is 1.59 bits per heavy atom. The van der Waals surface area contributed by atoms with Crippen LogP contribution in [0.1, 0.15) is 10.4 Å². The van der Waals surface area contributed by atoms with Gasteiger partial charge in [-0.1, -0.05) is 34.8 Å². The maximum absolute atomic E-state index is 12.1. The van der Waals surface area contributed by atoms with Crippen molar-refractivity contribution in [3.05, 3.63) is 57.0 Å². The van der Waals surface area contributed by atoms with E-state index in [4.69, 9.17) is 39.4 Å². The first-order chi connectivity index (χ1) is 10.2. The Hall–Kier alpha value is -1.31. The molecule has 0 heterocycles. The summed E-state index contributed by atoms with van der Waals surface area (Å²) in [6.07, 6.45) is 0. The second kappa shape index (κ2) is 6.44. The van der Waals surface area contributed by atoms with Gasteiger partial charge in [-0.05, 0) is 36.4 Å². The zero-order valence-electron chi connectivity index (χ0n) is 10.7. The van der Waals surface area contributed by atoms with Crippen molar-refractivity contribution in [1.29, 1.82) is 0 Å². The fraction of sp³-hybridized carbons (Fsp3) is 0. The van der Waals surface area contributed by atoms with E-state index in [0.717, 1.165) is 12.1 Å². The lowest BCUT2D eigenvalue weighted by Crippen LogP contribution is -2.13. The van der Waals surface area contributed by atoms with E-state index in [0.29, 0.717) is 0 Å². The first-order valence-electron chi connectivity index (χ1n) is 5.71. The first-order valence-corrected chi connectivity index (χ1v) is 8.29. The number of nitrogens with one attached hydrogen (secondary N) is 1. The van der Waals surface area contributed by atoms with Crippen LogP contribution in [0.3, 0.4) is 0 Å². The van der Waals surface area contributed by atoms with Crippen LogP contribution in [0.2, 0.25) is 15.1 Å². The molecule has 0 saturated heterocycles. The SMILES string of the molecule is O=C(Nc1cc(S(=O)(=O)O)ccc1Cl)c1cc(Cl)cc(Cl)c1. The number of hydrogen-bond acceptors (Lipinski definition) is 3. The highest BCUT2D eigenvalue weighted by atomic mass is 35.5. The molecular weight excluding hydrogens is 373 g/mol. The third-order valence-electron chi connectivity index (χ3n) is 2.61. The number of amides is 1. The molecule has 2 rings (SSSR count). The third-order valence-corrected chi connectivity index (χ3v) is 4.22. The van der Waals surface area contributed by atoms with Crippen LogP contribution in [0.15, 0.2) is 41.3 Å². The van der Waals surface area contributed by atoms with Gasteiger partial charge < -0.3 is 5.32 Å². The normalized spacial score (nSPS) is 11.3. The van der Waals surface area contributed by atoms with Crippen LogP contribution in [-0.2, 0) is 10.1 Å². The van der Waals surface area contributed by atoms with Crippen LogP contribution in [0.5, 0.6) is 0 Å². The molecule has 116 valence electrons. The van der Waals surface area contributed by atoms with Crippen molar-refractivity contribution in [1.82, 2.24) is 0 Å². The lowest BCUT2D eigenvalue weighted by atomic mass is 10.2. The molecule has 0 radical (unpaired) electrons. The lowest BCUT2D eigenvalue weighted by Gasteiger charge is -2.09. The van der Waals surface area contributed by atoms with Gasteiger partial charge in [0, 0.05) is 15.6 Å². The van der Waals surface area contributed by atoms with Crippen LogP contribution in [-0.4, -0.2) is 18.9 Å². The molecule has 9 heteroatoms. The molecule has 0 spiro atoms. The summed E-state index contributed by atoms with van der Waals surface area (Å²) < 4.78 is 31.2. The molecule has 1 amide bonds. The summed E-state index contributed by atoms with van der Waals surface area (Å²) in [7, 11) is -4.41. The molecule has 5 nitrogen and oxygen atoms in total. The number of rotatable bonds is 3. The minimum Gasteiger partial charge on any atom is -0.321 e. The predicted molar refractivity (Wildman–Crippen MR) is 85.7 cm³/mol. The number of hydrogen-bond donors (Lipinski definition) is 2. The van der Waals surface area contributed by atoms with Crippen molar-refractivity contribution in [2.75, 3.05) is 5.32 Å². The lowest BCUT2D eigenvalue weighted by molar-refractivity contribution is 0.102. The van der Waals surface area contributed by atoms with Crippen molar-refractivity contribution in [2.45, 2.75) is 4.90 Å². The topological polar surface area (TPSA) is 83.5 Å². The van der Waals surface area contributed by atoms with E-state index in [1.54, 1.807) is 0 Å². The highest BCUT2D eigenvalue weighted by Crippen LogP contribution is 2.26. The fourth-order valence-corrected chi connectivity index (χ4v) is 2.84. The van der Waals surface area contributed by atoms with Crippen molar-refractivity contribution in [3.63, 3.8) is 0 Å². The first kappa shape index (κ1) is 17.1. The molecule has 0 fully saturated rings. The second-order valence-electron chi connectivity index (χ2n) is 4.23. The average Bonchev–Trinajstić information content (AvgIpc) is 2.38. The van der Waals surface area contributed by atoms with E-state index >= 15 is 0 Å². The van der Waals surface area contributed by atoms with Gasteiger partial charge in [0.1, 0.15) is 0 Å². The molecule has 0 bridgehead atoms. The molecule has 22 heavy (non-hydrogen) atoms. The summed E-state index contributed by atoms with van der Waals surface area (Å²) in [5.41, 5.74) is 0.198. The van der Waals surface area contributed by atoms with Gasteiger partial charge in [0.2, 0.25) is 0 Å². The number of benzene rings is 2. The molecule has 0 atom stereocenters. The quantitative estimate of drug-likeness (QED) is 0.784. The van der Waals surface area contributed by atoms with Gasteiger partial charge in [0.25, 0.3) is 16.0 Å². The van der Waals surface area contributed by atoms with Crippen molar-refractivity contribution < 1.29 is 17.8 Å². The third kappa shape index (κ3) is 4.12. The molecule has 2 aromatic rings. The minimum absolute atomic E-state index is 0.0258. The Bertz CT molecular complexity index is 832. The van der Waals surface area contributed by atoms with Crippen LogP contribution in [0.25, 0.3) is 0 Å². The van der Waals surface area contributed by atoms with E-state index in [-0.39, 0.29) is 26.3 Å². The summed E-state index contributed by atoms with van der Waals surface area (Å²) in [4.78, 5) is 11.7. The standard InChI is InChI=1S/C13H8Cl3NO4S/c14-8-3-7(4-9(15)5-8)13(18)17-12-6-10(22(19,20)21)1-2-11(12)16/h1-6H,(H,17,18)(H,19,20,21). The van der Waals surface area contributed by atoms with Gasteiger partial charge in [-0.2, -0.15) is 8.42 Å². The molecule has 2 N–H and O–H groups in total. The summed E-state index contributed by atoms with van der Waals surface area (Å²) in [6, 6.07) is 7.65. The summed E-state index contributed by atoms with van der Waals surface area (Å²) >= 11 is 17.5. The second-order valence-corrected chi connectivity index (χ2v) is 6.93. The number of halogens is 3.